The van der Waals surface area contributed by atoms with E-state index in [2.05, 4.69) is 16.1 Å². The molecule has 4 aromatic rings. The molecule has 0 saturated carbocycles. The van der Waals surface area contributed by atoms with E-state index in [4.69, 9.17) is 13.8 Å². The van der Waals surface area contributed by atoms with Crippen molar-refractivity contribution in [2.45, 2.75) is 59.9 Å². The van der Waals surface area contributed by atoms with Gasteiger partial charge in [-0.25, -0.2) is 9.13 Å². The minimum atomic E-state index is -3.15. The number of amides is 2. The van der Waals surface area contributed by atoms with Crippen LogP contribution < -0.4 is 33.3 Å². The van der Waals surface area contributed by atoms with Crippen molar-refractivity contribution in [2.24, 2.45) is 0 Å². The van der Waals surface area contributed by atoms with E-state index in [1.165, 1.54) is 4.90 Å². The summed E-state index contributed by atoms with van der Waals surface area (Å²) in [6, 6.07) is 22.9. The van der Waals surface area contributed by atoms with Crippen LogP contribution in [0, 0.1) is 0 Å². The van der Waals surface area contributed by atoms with Gasteiger partial charge in [0.15, 0.2) is 11.0 Å². The van der Waals surface area contributed by atoms with Crippen molar-refractivity contribution >= 4 is 30.4 Å². The Morgan fingerprint density at radius 2 is 1.45 bits per heavy atom. The number of carbonyl (C=O) groups is 2. The number of ether oxygens (including phenoxy) is 1. The summed E-state index contributed by atoms with van der Waals surface area (Å²) in [5, 5.41) is 0. The molecule has 2 heterocycles. The third-order valence-corrected chi connectivity index (χ3v) is 9.78. The normalized spacial score (nSPS) is 12.9. The number of unbranched alkanes of at least 4 members (excludes halogenated alkanes) is 1. The molecular formula is C33H39IN3O6P. The lowest BCUT2D eigenvalue weighted by atomic mass is 10.1. The van der Waals surface area contributed by atoms with Gasteiger partial charge in [0, 0.05) is 6.07 Å². The van der Waals surface area contributed by atoms with Crippen LogP contribution in [0.3, 0.4) is 0 Å². The van der Waals surface area contributed by atoms with Gasteiger partial charge in [0.05, 0.1) is 43.6 Å². The molecular weight excluding hydrogens is 692 g/mol. The second kappa shape index (κ2) is 15.3. The number of hydrogen-bond donors (Lipinski definition) is 0. The fraction of sp³-hybridized carbons (Fsp3) is 0.364. The van der Waals surface area contributed by atoms with Crippen LogP contribution in [0.15, 0.2) is 72.8 Å². The lowest BCUT2D eigenvalue weighted by molar-refractivity contribution is -0.677. The second-order valence-corrected chi connectivity index (χ2v) is 12.5. The van der Waals surface area contributed by atoms with E-state index in [-0.39, 0.29) is 42.3 Å². The number of rotatable bonds is 15. The zero-order chi connectivity index (χ0) is 30.4. The number of aryl methyl sites for hydroxylation is 2. The molecule has 44 heavy (non-hydrogen) atoms. The number of fused-ring (bicyclic) bond motifs is 2. The van der Waals surface area contributed by atoms with Crippen molar-refractivity contribution in [1.82, 2.24) is 9.47 Å². The summed E-state index contributed by atoms with van der Waals surface area (Å²) in [4.78, 5) is 28.0. The summed E-state index contributed by atoms with van der Waals surface area (Å²) < 4.78 is 34.5. The first-order valence-corrected chi connectivity index (χ1v) is 16.7. The van der Waals surface area contributed by atoms with Crippen molar-refractivity contribution in [3.63, 3.8) is 0 Å². The molecule has 3 aromatic carbocycles. The lowest BCUT2D eigenvalue weighted by Crippen LogP contribution is -3.00. The molecule has 1 aromatic heterocycles. The highest BCUT2D eigenvalue weighted by atomic mass is 127. The summed E-state index contributed by atoms with van der Waals surface area (Å²) in [6.45, 7) is 8.12. The quantitative estimate of drug-likeness (QED) is 0.0613. The maximum atomic E-state index is 13.3. The summed E-state index contributed by atoms with van der Waals surface area (Å²) in [5.41, 5.74) is 3.85. The Morgan fingerprint density at radius 3 is 2.07 bits per heavy atom. The Balaban J connectivity index is 0.00000442. The zero-order valence-corrected chi connectivity index (χ0v) is 28.5. The van der Waals surface area contributed by atoms with E-state index in [9.17, 15) is 14.2 Å². The van der Waals surface area contributed by atoms with Gasteiger partial charge in [-0.1, -0.05) is 42.5 Å². The van der Waals surface area contributed by atoms with E-state index in [0.29, 0.717) is 63.0 Å². The molecule has 5 rings (SSSR count). The van der Waals surface area contributed by atoms with Crippen LogP contribution >= 0.6 is 7.60 Å². The van der Waals surface area contributed by atoms with Gasteiger partial charge in [-0.2, -0.15) is 0 Å². The van der Waals surface area contributed by atoms with Gasteiger partial charge >= 0.3 is 7.60 Å². The van der Waals surface area contributed by atoms with E-state index in [0.717, 1.165) is 28.2 Å². The van der Waals surface area contributed by atoms with Crippen LogP contribution in [0.2, 0.25) is 0 Å². The molecule has 11 heteroatoms. The third kappa shape index (κ3) is 7.25. The third-order valence-electron chi connectivity index (χ3n) is 7.61. The SMILES string of the molecule is CCOP(=O)(CCCCn1c(CN2C(=O)c3ccccc3C2=O)[n+](CC)c2ccc(OCc3ccccc3)cc21)OCC.[I-]. The van der Waals surface area contributed by atoms with Crippen LogP contribution in [0.5, 0.6) is 5.75 Å². The van der Waals surface area contributed by atoms with E-state index in [1.807, 2.05) is 62.4 Å². The first-order chi connectivity index (χ1) is 20.9. The summed E-state index contributed by atoms with van der Waals surface area (Å²) in [7, 11) is -3.15. The van der Waals surface area contributed by atoms with Crippen LogP contribution in [0.1, 0.15) is 65.7 Å². The fourth-order valence-electron chi connectivity index (χ4n) is 5.63. The largest absolute Gasteiger partial charge is 1.00 e. The summed E-state index contributed by atoms with van der Waals surface area (Å²) in [6.07, 6.45) is 1.64. The molecule has 1 aliphatic rings. The molecule has 0 atom stereocenters. The summed E-state index contributed by atoms with van der Waals surface area (Å²) >= 11 is 0. The zero-order valence-electron chi connectivity index (χ0n) is 25.4. The standard InChI is InChI=1S/C33H39N3O6P.HI/c1-4-34-29-19-18-26(40-24-25-14-8-7-9-15-25)22-30(29)35(20-12-13-21-43(39,41-5-2)42-6-3)31(34)23-36-32(37)27-16-10-11-17-28(27)33(36)38;/h7-11,14-19,22H,4-6,12-13,20-21,23-24H2,1-3H3;1H/q+1;/p-1. The van der Waals surface area contributed by atoms with Gasteiger partial charge in [0.2, 0.25) is 0 Å². The van der Waals surface area contributed by atoms with Crippen molar-refractivity contribution in [3.05, 3.63) is 95.3 Å². The van der Waals surface area contributed by atoms with E-state index < -0.39 is 7.60 Å². The first-order valence-electron chi connectivity index (χ1n) is 14.9. The Bertz CT molecular complexity index is 1610. The number of imidazole rings is 1. The average molecular weight is 732 g/mol. The average Bonchev–Trinajstić information content (AvgIpc) is 3.44. The number of hydrogen-bond acceptors (Lipinski definition) is 6. The monoisotopic (exact) mass is 731 g/mol. The Morgan fingerprint density at radius 1 is 0.818 bits per heavy atom. The van der Waals surface area contributed by atoms with E-state index in [1.54, 1.807) is 24.3 Å². The summed E-state index contributed by atoms with van der Waals surface area (Å²) in [5.74, 6) is 0.982. The predicted molar refractivity (Wildman–Crippen MR) is 164 cm³/mol. The van der Waals surface area contributed by atoms with Crippen LogP contribution in [-0.4, -0.2) is 40.7 Å². The molecule has 0 fully saturated rings. The highest BCUT2D eigenvalue weighted by Crippen LogP contribution is 2.48. The molecule has 1 aliphatic heterocycles. The minimum Gasteiger partial charge on any atom is -1.00 e. The van der Waals surface area contributed by atoms with Gasteiger partial charge in [-0.3, -0.25) is 19.1 Å². The highest BCUT2D eigenvalue weighted by Gasteiger charge is 2.38. The smallest absolute Gasteiger partial charge is 0.330 e. The number of halogens is 1. The molecule has 0 saturated heterocycles. The Hall–Kier alpha value is -3.05. The minimum absolute atomic E-state index is 0. The fourth-order valence-corrected chi connectivity index (χ4v) is 7.36. The Kier molecular flexibility index (Phi) is 11.8. The highest BCUT2D eigenvalue weighted by molar-refractivity contribution is 7.53. The molecule has 2 amide bonds. The first kappa shape index (κ1) is 33.8. The maximum absolute atomic E-state index is 13.3. The van der Waals surface area contributed by atoms with Crippen molar-refractivity contribution in [1.29, 1.82) is 0 Å². The van der Waals surface area contributed by atoms with Gasteiger partial charge < -0.3 is 37.8 Å². The van der Waals surface area contributed by atoms with Gasteiger partial charge in [0.25, 0.3) is 17.6 Å². The van der Waals surface area contributed by atoms with Crippen LogP contribution in [-0.2, 0) is 39.9 Å². The number of imide groups is 1. The van der Waals surface area contributed by atoms with Crippen molar-refractivity contribution in [2.75, 3.05) is 19.4 Å². The topological polar surface area (TPSA) is 91.0 Å². The van der Waals surface area contributed by atoms with Gasteiger partial charge in [0.1, 0.15) is 18.9 Å². The molecule has 9 nitrogen and oxygen atoms in total. The van der Waals surface area contributed by atoms with Crippen LogP contribution in [0.4, 0.5) is 0 Å². The van der Waals surface area contributed by atoms with Crippen molar-refractivity contribution in [3.8, 4) is 5.75 Å². The molecule has 0 unspecified atom stereocenters. The molecule has 0 N–H and O–H groups in total. The van der Waals surface area contributed by atoms with Gasteiger partial charge in [-0.05, 0) is 63.4 Å². The molecule has 0 radical (unpaired) electrons. The lowest BCUT2D eigenvalue weighted by Gasteiger charge is -2.16. The number of carbonyl (C=O) groups excluding carboxylic acids is 2. The molecule has 0 spiro atoms. The van der Waals surface area contributed by atoms with E-state index >= 15 is 0 Å². The van der Waals surface area contributed by atoms with Gasteiger partial charge in [-0.15, -0.1) is 0 Å². The molecule has 0 aliphatic carbocycles. The predicted octanol–water partition coefficient (Wildman–Crippen LogP) is 3.37. The maximum Gasteiger partial charge on any atom is 0.330 e. The van der Waals surface area contributed by atoms with Crippen LogP contribution in [0.25, 0.3) is 11.0 Å². The number of nitrogens with zero attached hydrogens (tertiary/aromatic N) is 3. The Labute approximate surface area is 275 Å². The van der Waals surface area contributed by atoms with Crippen molar-refractivity contribution < 1.29 is 56.5 Å². The number of aromatic nitrogens is 2. The molecule has 234 valence electrons. The number of benzene rings is 3. The molecule has 0 bridgehead atoms. The second-order valence-electron chi connectivity index (χ2n) is 10.4.